The molecule has 0 saturated carbocycles. The Kier molecular flexibility index (Phi) is 4.28. The molecule has 1 N–H and O–H groups in total. The Morgan fingerprint density at radius 1 is 1.37 bits per heavy atom. The van der Waals surface area contributed by atoms with Gasteiger partial charge in [-0.25, -0.2) is 9.89 Å². The minimum Gasteiger partial charge on any atom is -0.244 e. The molecule has 0 atom stereocenters. The number of aryl methyl sites for hydroxylation is 1. The quantitative estimate of drug-likeness (QED) is 0.834. The topological polar surface area (TPSA) is 63.0 Å². The lowest BCUT2D eigenvalue weighted by atomic mass is 10.1. The van der Waals surface area contributed by atoms with Crippen molar-refractivity contribution in [3.05, 3.63) is 52.2 Å². The molecule has 0 bridgehead atoms. The predicted molar refractivity (Wildman–Crippen MR) is 75.4 cm³/mol. The molecule has 2 aromatic rings. The van der Waals surface area contributed by atoms with Gasteiger partial charge in [0.25, 0.3) is 0 Å². The van der Waals surface area contributed by atoms with E-state index in [1.54, 1.807) is 6.21 Å². The lowest BCUT2D eigenvalue weighted by Gasteiger charge is -2.02. The smallest absolute Gasteiger partial charge is 0.244 e. The molecule has 1 aromatic heterocycles. The van der Waals surface area contributed by atoms with Gasteiger partial charge in [-0.3, -0.25) is 0 Å². The molecule has 2 rings (SSSR count). The summed E-state index contributed by atoms with van der Waals surface area (Å²) in [6.07, 6.45) is 3.38. The number of nitrogens with zero attached hydrogens (tertiary/aromatic N) is 3. The number of hydrogen-bond acceptors (Lipinski definition) is 3. The van der Waals surface area contributed by atoms with E-state index in [4.69, 9.17) is 0 Å². The lowest BCUT2D eigenvalue weighted by Crippen LogP contribution is -2.15. The fraction of sp³-hybridized carbons (Fsp3) is 0.357. The van der Waals surface area contributed by atoms with Gasteiger partial charge in [0, 0.05) is 6.42 Å². The van der Waals surface area contributed by atoms with Crippen LogP contribution in [0.15, 0.2) is 40.2 Å². The van der Waals surface area contributed by atoms with Gasteiger partial charge in [-0.15, -0.1) is 0 Å². The van der Waals surface area contributed by atoms with Crippen LogP contribution in [-0.4, -0.2) is 21.1 Å². The van der Waals surface area contributed by atoms with Crippen molar-refractivity contribution in [2.24, 2.45) is 11.0 Å². The Bertz CT molecular complexity index is 595. The zero-order valence-corrected chi connectivity index (χ0v) is 11.2. The first kappa shape index (κ1) is 13.3. The van der Waals surface area contributed by atoms with Crippen LogP contribution in [0.25, 0.3) is 0 Å². The summed E-state index contributed by atoms with van der Waals surface area (Å²) in [5.41, 5.74) is 0.649. The maximum Gasteiger partial charge on any atom is 0.364 e. The molecule has 1 heterocycles. The van der Waals surface area contributed by atoms with E-state index >= 15 is 0 Å². The van der Waals surface area contributed by atoms with Gasteiger partial charge in [-0.1, -0.05) is 44.2 Å². The number of aromatic amines is 1. The first-order valence-corrected chi connectivity index (χ1v) is 6.42. The second kappa shape index (κ2) is 6.13. The number of hydrogen-bond donors (Lipinski definition) is 1. The second-order valence-electron chi connectivity index (χ2n) is 4.84. The van der Waals surface area contributed by atoms with Crippen molar-refractivity contribution in [2.75, 3.05) is 0 Å². The Hall–Kier alpha value is -2.17. The third-order valence-corrected chi connectivity index (χ3v) is 2.78. The first-order chi connectivity index (χ1) is 9.16. The van der Waals surface area contributed by atoms with Crippen LogP contribution in [0.2, 0.25) is 0 Å². The molecule has 0 aliphatic heterocycles. The van der Waals surface area contributed by atoms with Crippen LogP contribution in [0.3, 0.4) is 0 Å². The van der Waals surface area contributed by atoms with E-state index < -0.39 is 0 Å². The molecule has 19 heavy (non-hydrogen) atoms. The van der Waals surface area contributed by atoms with Crippen LogP contribution in [0, 0.1) is 5.92 Å². The minimum absolute atomic E-state index is 0.300. The van der Waals surface area contributed by atoms with Crippen molar-refractivity contribution in [3.63, 3.8) is 0 Å². The van der Waals surface area contributed by atoms with Gasteiger partial charge in [0.2, 0.25) is 0 Å². The molecule has 0 fully saturated rings. The summed E-state index contributed by atoms with van der Waals surface area (Å²) >= 11 is 0. The minimum atomic E-state index is -0.300. The van der Waals surface area contributed by atoms with Crippen molar-refractivity contribution >= 4 is 6.21 Å². The van der Waals surface area contributed by atoms with Gasteiger partial charge in [-0.05, 0) is 17.9 Å². The summed E-state index contributed by atoms with van der Waals surface area (Å²) < 4.78 is 1.33. The van der Waals surface area contributed by atoms with E-state index in [2.05, 4.69) is 29.1 Å². The predicted octanol–water partition coefficient (Wildman–Crippen LogP) is 2.04. The molecule has 0 saturated heterocycles. The maximum atomic E-state index is 11.6. The van der Waals surface area contributed by atoms with Crippen LogP contribution < -0.4 is 5.69 Å². The molecule has 5 heteroatoms. The van der Waals surface area contributed by atoms with Crippen molar-refractivity contribution in [1.29, 1.82) is 0 Å². The zero-order valence-electron chi connectivity index (χ0n) is 11.2. The van der Waals surface area contributed by atoms with Gasteiger partial charge < -0.3 is 0 Å². The number of rotatable bonds is 5. The molecular weight excluding hydrogens is 240 g/mol. The Morgan fingerprint density at radius 3 is 2.79 bits per heavy atom. The highest BCUT2D eigenvalue weighted by atomic mass is 16.2. The molecule has 0 spiro atoms. The Morgan fingerprint density at radius 2 is 2.11 bits per heavy atom. The molecule has 5 nitrogen and oxygen atoms in total. The van der Waals surface area contributed by atoms with E-state index in [0.717, 1.165) is 18.4 Å². The van der Waals surface area contributed by atoms with Gasteiger partial charge in [0.05, 0.1) is 6.21 Å². The van der Waals surface area contributed by atoms with Crippen molar-refractivity contribution < 1.29 is 0 Å². The average Bonchev–Trinajstić information content (AvgIpc) is 2.76. The highest BCUT2D eigenvalue weighted by Crippen LogP contribution is 2.05. The van der Waals surface area contributed by atoms with Gasteiger partial charge in [0.15, 0.2) is 5.82 Å². The number of aromatic nitrogens is 3. The molecule has 0 amide bonds. The summed E-state index contributed by atoms with van der Waals surface area (Å²) in [7, 11) is 0. The van der Waals surface area contributed by atoms with E-state index in [-0.39, 0.29) is 5.69 Å². The van der Waals surface area contributed by atoms with E-state index in [9.17, 15) is 4.79 Å². The molecular formula is C14H18N4O. The zero-order chi connectivity index (χ0) is 13.7. The van der Waals surface area contributed by atoms with Crippen LogP contribution in [0.5, 0.6) is 0 Å². The lowest BCUT2D eigenvalue weighted by molar-refractivity contribution is 0.563. The van der Waals surface area contributed by atoms with Crippen LogP contribution in [0.4, 0.5) is 0 Å². The number of benzene rings is 1. The maximum absolute atomic E-state index is 11.6. The van der Waals surface area contributed by atoms with Crippen molar-refractivity contribution in [1.82, 2.24) is 14.9 Å². The summed E-state index contributed by atoms with van der Waals surface area (Å²) in [4.78, 5) is 11.6. The second-order valence-corrected chi connectivity index (χ2v) is 4.84. The molecule has 0 aliphatic rings. The summed E-state index contributed by atoms with van der Waals surface area (Å²) in [5.74, 6) is 1.24. The van der Waals surface area contributed by atoms with Crippen LogP contribution in [0.1, 0.15) is 31.7 Å². The van der Waals surface area contributed by atoms with E-state index in [0.29, 0.717) is 11.7 Å². The van der Waals surface area contributed by atoms with E-state index in [1.807, 2.05) is 30.3 Å². The molecule has 0 unspecified atom stereocenters. The van der Waals surface area contributed by atoms with Crippen LogP contribution in [-0.2, 0) is 6.42 Å². The molecule has 0 radical (unpaired) electrons. The highest BCUT2D eigenvalue weighted by molar-refractivity contribution is 5.79. The number of nitrogens with one attached hydrogen (secondary N) is 1. The monoisotopic (exact) mass is 258 g/mol. The van der Waals surface area contributed by atoms with Crippen molar-refractivity contribution in [3.8, 4) is 0 Å². The summed E-state index contributed by atoms with van der Waals surface area (Å²) in [6.45, 7) is 4.28. The fourth-order valence-electron chi connectivity index (χ4n) is 1.69. The molecule has 100 valence electrons. The third-order valence-electron chi connectivity index (χ3n) is 2.78. The largest absolute Gasteiger partial charge is 0.364 e. The van der Waals surface area contributed by atoms with Crippen LogP contribution >= 0.6 is 0 Å². The SMILES string of the molecule is CC(C)CCc1n[nH]c(=O)n1/N=C\c1ccccc1. The van der Waals surface area contributed by atoms with Gasteiger partial charge >= 0.3 is 5.69 Å². The average molecular weight is 258 g/mol. The summed E-state index contributed by atoms with van der Waals surface area (Å²) in [5, 5.41) is 10.7. The standard InChI is InChI=1S/C14H18N4O/c1-11(2)8-9-13-16-17-14(19)18(13)15-10-12-6-4-3-5-7-12/h3-7,10-11H,8-9H2,1-2H3,(H,17,19)/b15-10-. The van der Waals surface area contributed by atoms with Crippen molar-refractivity contribution in [2.45, 2.75) is 26.7 Å². The molecule has 0 aliphatic carbocycles. The summed E-state index contributed by atoms with van der Waals surface area (Å²) in [6, 6.07) is 9.67. The molecule has 1 aromatic carbocycles. The third kappa shape index (κ3) is 3.64. The van der Waals surface area contributed by atoms with Gasteiger partial charge in [-0.2, -0.15) is 14.9 Å². The fourth-order valence-corrected chi connectivity index (χ4v) is 1.69. The Labute approximate surface area is 112 Å². The van der Waals surface area contributed by atoms with Gasteiger partial charge in [0.1, 0.15) is 0 Å². The Balaban J connectivity index is 2.18. The first-order valence-electron chi connectivity index (χ1n) is 6.42. The van der Waals surface area contributed by atoms with E-state index in [1.165, 1.54) is 4.68 Å². The highest BCUT2D eigenvalue weighted by Gasteiger charge is 2.07. The number of H-pyrrole nitrogens is 1. The normalized spacial score (nSPS) is 11.5.